The molecule has 35 heavy (non-hydrogen) atoms. The Balaban J connectivity index is 1.09. The van der Waals surface area contributed by atoms with E-state index in [1.165, 1.54) is 16.1 Å². The molecule has 2 aromatic carbocycles. The van der Waals surface area contributed by atoms with Crippen LogP contribution in [-0.2, 0) is 23.1 Å². The molecule has 0 aliphatic carbocycles. The van der Waals surface area contributed by atoms with Gasteiger partial charge in [0.2, 0.25) is 16.8 Å². The normalized spacial score (nSPS) is 19.7. The molecule has 2 fully saturated rings. The molecule has 0 unspecified atom stereocenters. The number of benzene rings is 2. The summed E-state index contributed by atoms with van der Waals surface area (Å²) < 4.78 is 35.7. The number of nitrogens with zero attached hydrogens (tertiary/aromatic N) is 4. The Labute approximate surface area is 206 Å². The summed E-state index contributed by atoms with van der Waals surface area (Å²) in [7, 11) is -3.12. The van der Waals surface area contributed by atoms with Crippen LogP contribution in [0.25, 0.3) is 0 Å². The Morgan fingerprint density at radius 2 is 1.34 bits per heavy atom. The topological polar surface area (TPSA) is 82.6 Å². The molecule has 188 valence electrons. The summed E-state index contributed by atoms with van der Waals surface area (Å²) in [6, 6.07) is 13.9. The lowest BCUT2D eigenvalue weighted by atomic mass is 10.1. The standard InChI is InChI=1S/C25H32N4O5S/c1-35(31,32)29-14-10-27(11-15-29)17-20-2-5-22(6-3-20)25(30)28-12-8-26(9-13-28)18-21-4-7-23-24(16-21)34-19-33-23/h2-7,16H,8-15,17-19H2,1H3. The van der Waals surface area contributed by atoms with Crippen LogP contribution in [-0.4, -0.2) is 98.7 Å². The molecule has 0 atom stereocenters. The summed E-state index contributed by atoms with van der Waals surface area (Å²) in [6.45, 7) is 7.40. The van der Waals surface area contributed by atoms with Crippen molar-refractivity contribution in [3.05, 3.63) is 59.2 Å². The smallest absolute Gasteiger partial charge is 0.253 e. The molecule has 3 heterocycles. The van der Waals surface area contributed by atoms with Crippen LogP contribution in [0.5, 0.6) is 11.5 Å². The van der Waals surface area contributed by atoms with Gasteiger partial charge in [0.1, 0.15) is 0 Å². The third kappa shape index (κ3) is 5.78. The highest BCUT2D eigenvalue weighted by Crippen LogP contribution is 2.32. The van der Waals surface area contributed by atoms with Crippen molar-refractivity contribution >= 4 is 15.9 Å². The monoisotopic (exact) mass is 500 g/mol. The van der Waals surface area contributed by atoms with Gasteiger partial charge in [0, 0.05) is 71.0 Å². The van der Waals surface area contributed by atoms with Crippen molar-refractivity contribution in [2.45, 2.75) is 13.1 Å². The van der Waals surface area contributed by atoms with Crippen LogP contribution in [0.3, 0.4) is 0 Å². The number of carbonyl (C=O) groups excluding carboxylic acids is 1. The van der Waals surface area contributed by atoms with Crippen molar-refractivity contribution in [3.63, 3.8) is 0 Å². The van der Waals surface area contributed by atoms with Crippen molar-refractivity contribution in [1.29, 1.82) is 0 Å². The van der Waals surface area contributed by atoms with E-state index in [1.807, 2.05) is 41.3 Å². The first-order valence-corrected chi connectivity index (χ1v) is 13.9. The molecule has 10 heteroatoms. The minimum atomic E-state index is -3.12. The van der Waals surface area contributed by atoms with Crippen LogP contribution in [0, 0.1) is 0 Å². The number of fused-ring (bicyclic) bond motifs is 1. The lowest BCUT2D eigenvalue weighted by Gasteiger charge is -2.35. The summed E-state index contributed by atoms with van der Waals surface area (Å²) in [5, 5.41) is 0. The molecule has 3 aliphatic rings. The van der Waals surface area contributed by atoms with Crippen molar-refractivity contribution < 1.29 is 22.7 Å². The lowest BCUT2D eigenvalue weighted by Crippen LogP contribution is -2.48. The number of amides is 1. The summed E-state index contributed by atoms with van der Waals surface area (Å²) in [6.07, 6.45) is 1.26. The fourth-order valence-corrected chi connectivity index (χ4v) is 5.65. The van der Waals surface area contributed by atoms with Gasteiger partial charge in [-0.1, -0.05) is 18.2 Å². The lowest BCUT2D eigenvalue weighted by molar-refractivity contribution is 0.0628. The average Bonchev–Trinajstić information content (AvgIpc) is 3.32. The molecule has 1 amide bonds. The summed E-state index contributed by atoms with van der Waals surface area (Å²) in [5.41, 5.74) is 3.02. The minimum Gasteiger partial charge on any atom is -0.454 e. The molecule has 0 aromatic heterocycles. The van der Waals surface area contributed by atoms with E-state index in [2.05, 4.69) is 15.9 Å². The molecule has 0 bridgehead atoms. The van der Waals surface area contributed by atoms with Crippen LogP contribution in [0.4, 0.5) is 0 Å². The Hall–Kier alpha value is -2.66. The van der Waals surface area contributed by atoms with E-state index in [4.69, 9.17) is 9.47 Å². The molecule has 0 saturated carbocycles. The zero-order valence-electron chi connectivity index (χ0n) is 20.1. The molecule has 5 rings (SSSR count). The van der Waals surface area contributed by atoms with Gasteiger partial charge < -0.3 is 14.4 Å². The van der Waals surface area contributed by atoms with Crippen molar-refractivity contribution in [3.8, 4) is 11.5 Å². The van der Waals surface area contributed by atoms with Crippen LogP contribution in [0.2, 0.25) is 0 Å². The first-order chi connectivity index (χ1) is 16.8. The number of ether oxygens (including phenoxy) is 2. The number of rotatable bonds is 6. The first kappa shape index (κ1) is 24.1. The summed E-state index contributed by atoms with van der Waals surface area (Å²) in [4.78, 5) is 19.6. The molecule has 2 saturated heterocycles. The maximum Gasteiger partial charge on any atom is 0.253 e. The second kappa shape index (κ2) is 10.1. The highest BCUT2D eigenvalue weighted by Gasteiger charge is 2.25. The Morgan fingerprint density at radius 3 is 2.00 bits per heavy atom. The third-order valence-electron chi connectivity index (χ3n) is 6.91. The molecular weight excluding hydrogens is 468 g/mol. The van der Waals surface area contributed by atoms with Crippen LogP contribution in [0.15, 0.2) is 42.5 Å². The van der Waals surface area contributed by atoms with Gasteiger partial charge in [-0.2, -0.15) is 4.31 Å². The van der Waals surface area contributed by atoms with Gasteiger partial charge in [0.15, 0.2) is 11.5 Å². The van der Waals surface area contributed by atoms with E-state index in [9.17, 15) is 13.2 Å². The zero-order valence-corrected chi connectivity index (χ0v) is 20.9. The molecule has 9 nitrogen and oxygen atoms in total. The maximum absolute atomic E-state index is 13.0. The van der Waals surface area contributed by atoms with E-state index < -0.39 is 10.0 Å². The average molecular weight is 501 g/mol. The van der Waals surface area contributed by atoms with E-state index in [0.717, 1.165) is 43.2 Å². The van der Waals surface area contributed by atoms with Gasteiger partial charge >= 0.3 is 0 Å². The largest absolute Gasteiger partial charge is 0.454 e. The van der Waals surface area contributed by atoms with Gasteiger partial charge in [-0.15, -0.1) is 0 Å². The van der Waals surface area contributed by atoms with E-state index in [1.54, 1.807) is 0 Å². The Morgan fingerprint density at radius 1 is 0.771 bits per heavy atom. The number of hydrogen-bond acceptors (Lipinski definition) is 7. The second-order valence-electron chi connectivity index (χ2n) is 9.39. The van der Waals surface area contributed by atoms with Gasteiger partial charge in [-0.25, -0.2) is 8.42 Å². The molecule has 0 radical (unpaired) electrons. The van der Waals surface area contributed by atoms with Crippen molar-refractivity contribution in [2.75, 3.05) is 65.4 Å². The second-order valence-corrected chi connectivity index (χ2v) is 11.4. The van der Waals surface area contributed by atoms with Crippen LogP contribution in [0.1, 0.15) is 21.5 Å². The fourth-order valence-electron chi connectivity index (χ4n) is 4.82. The maximum atomic E-state index is 13.0. The SMILES string of the molecule is CS(=O)(=O)N1CCN(Cc2ccc(C(=O)N3CCN(Cc4ccc5c(c4)OCO5)CC3)cc2)CC1. The fraction of sp³-hybridized carbons (Fsp3) is 0.480. The molecule has 2 aromatic rings. The van der Waals surface area contributed by atoms with Gasteiger partial charge in [0.05, 0.1) is 6.26 Å². The summed E-state index contributed by atoms with van der Waals surface area (Å²) >= 11 is 0. The highest BCUT2D eigenvalue weighted by atomic mass is 32.2. The number of carbonyl (C=O) groups is 1. The zero-order chi connectivity index (χ0) is 24.4. The van der Waals surface area contributed by atoms with Gasteiger partial charge in [0.25, 0.3) is 5.91 Å². The number of sulfonamides is 1. The summed E-state index contributed by atoms with van der Waals surface area (Å²) in [5.74, 6) is 1.67. The third-order valence-corrected chi connectivity index (χ3v) is 8.21. The highest BCUT2D eigenvalue weighted by molar-refractivity contribution is 7.88. The minimum absolute atomic E-state index is 0.0704. The molecule has 0 N–H and O–H groups in total. The van der Waals surface area contributed by atoms with Gasteiger partial charge in [-0.3, -0.25) is 14.6 Å². The predicted octanol–water partition coefficient (Wildman–Crippen LogP) is 1.45. The van der Waals surface area contributed by atoms with Crippen LogP contribution < -0.4 is 9.47 Å². The number of piperazine rings is 2. The first-order valence-electron chi connectivity index (χ1n) is 12.0. The van der Waals surface area contributed by atoms with Gasteiger partial charge in [-0.05, 0) is 35.4 Å². The Kier molecular flexibility index (Phi) is 6.97. The number of hydrogen-bond donors (Lipinski definition) is 0. The molecule has 3 aliphatic heterocycles. The molecule has 0 spiro atoms. The Bertz CT molecular complexity index is 1150. The molecular formula is C25H32N4O5S. The van der Waals surface area contributed by atoms with Crippen molar-refractivity contribution in [1.82, 2.24) is 19.0 Å². The van der Waals surface area contributed by atoms with E-state index >= 15 is 0 Å². The predicted molar refractivity (Wildman–Crippen MR) is 132 cm³/mol. The van der Waals surface area contributed by atoms with E-state index in [-0.39, 0.29) is 12.7 Å². The van der Waals surface area contributed by atoms with Crippen LogP contribution >= 0.6 is 0 Å². The van der Waals surface area contributed by atoms with Crippen molar-refractivity contribution in [2.24, 2.45) is 0 Å². The quantitative estimate of drug-likeness (QED) is 0.594. The van der Waals surface area contributed by atoms with E-state index in [0.29, 0.717) is 44.8 Å².